The van der Waals surface area contributed by atoms with Crippen molar-refractivity contribution in [1.29, 1.82) is 0 Å². The van der Waals surface area contributed by atoms with E-state index < -0.39 is 0 Å². The fraction of sp³-hybridized carbons (Fsp3) is 0.600. The Morgan fingerprint density at radius 3 is 2.63 bits per heavy atom. The molecule has 0 aliphatic rings. The van der Waals surface area contributed by atoms with Crippen LogP contribution in [0.15, 0.2) is 16.6 Å². The summed E-state index contributed by atoms with van der Waals surface area (Å²) in [5, 5.41) is 3.34. The summed E-state index contributed by atoms with van der Waals surface area (Å²) in [5.41, 5.74) is 2.32. The van der Waals surface area contributed by atoms with Crippen LogP contribution in [0.4, 0.5) is 0 Å². The third-order valence-electron chi connectivity index (χ3n) is 2.66. The molecule has 4 heteroatoms. The lowest BCUT2D eigenvalue weighted by atomic mass is 10.1. The Hall–Kier alpha value is -0.580. The zero-order valence-electron chi connectivity index (χ0n) is 12.3. The number of hydrogen-bond donors (Lipinski definition) is 1. The van der Waals surface area contributed by atoms with Crippen LogP contribution in [0.3, 0.4) is 0 Å². The largest absolute Gasteiger partial charge is 0.491 e. The first-order valence-electron chi connectivity index (χ1n) is 6.78. The monoisotopic (exact) mass is 329 g/mol. The van der Waals surface area contributed by atoms with Gasteiger partial charge in [-0.1, -0.05) is 22.9 Å². The zero-order chi connectivity index (χ0) is 14.3. The molecule has 1 N–H and O–H groups in total. The molecule has 0 aliphatic carbocycles. The van der Waals surface area contributed by atoms with Gasteiger partial charge in [0.05, 0.1) is 12.7 Å². The second kappa shape index (κ2) is 8.56. The molecule has 0 aromatic heterocycles. The fourth-order valence-electron chi connectivity index (χ4n) is 1.82. The van der Waals surface area contributed by atoms with Crippen molar-refractivity contribution in [2.75, 3.05) is 19.8 Å². The molecule has 108 valence electrons. The number of nitrogens with one attached hydrogen (secondary N) is 1. The zero-order valence-corrected chi connectivity index (χ0v) is 13.8. The number of ether oxygens (including phenoxy) is 2. The summed E-state index contributed by atoms with van der Waals surface area (Å²) in [6, 6.07) is 4.18. The van der Waals surface area contributed by atoms with Gasteiger partial charge in [0, 0.05) is 16.6 Å². The summed E-state index contributed by atoms with van der Waals surface area (Å²) in [6.45, 7) is 11.2. The van der Waals surface area contributed by atoms with Crippen molar-refractivity contribution in [3.8, 4) is 5.75 Å². The maximum absolute atomic E-state index is 5.88. The topological polar surface area (TPSA) is 30.5 Å². The van der Waals surface area contributed by atoms with E-state index in [4.69, 9.17) is 9.47 Å². The molecule has 0 saturated heterocycles. The molecule has 0 atom stereocenters. The van der Waals surface area contributed by atoms with Gasteiger partial charge in [-0.2, -0.15) is 0 Å². The summed E-state index contributed by atoms with van der Waals surface area (Å²) >= 11 is 3.53. The first-order valence-corrected chi connectivity index (χ1v) is 7.58. The highest BCUT2D eigenvalue weighted by Crippen LogP contribution is 2.28. The van der Waals surface area contributed by atoms with Crippen LogP contribution in [0.5, 0.6) is 5.75 Å². The molecule has 1 aromatic carbocycles. The first kappa shape index (κ1) is 16.5. The first-order chi connectivity index (χ1) is 9.04. The van der Waals surface area contributed by atoms with E-state index in [1.165, 1.54) is 5.56 Å². The molecule has 0 amide bonds. The predicted molar refractivity (Wildman–Crippen MR) is 82.8 cm³/mol. The highest BCUT2D eigenvalue weighted by atomic mass is 79.9. The van der Waals surface area contributed by atoms with Crippen LogP contribution < -0.4 is 10.1 Å². The highest BCUT2D eigenvalue weighted by Gasteiger charge is 2.09. The smallest absolute Gasteiger partial charge is 0.126 e. The van der Waals surface area contributed by atoms with Crippen LogP contribution in [-0.2, 0) is 11.3 Å². The third kappa shape index (κ3) is 5.93. The maximum Gasteiger partial charge on any atom is 0.126 e. The van der Waals surface area contributed by atoms with Crippen LogP contribution >= 0.6 is 15.9 Å². The summed E-state index contributed by atoms with van der Waals surface area (Å²) in [7, 11) is 0. The van der Waals surface area contributed by atoms with Crippen LogP contribution in [0, 0.1) is 6.92 Å². The molecule has 3 nitrogen and oxygen atoms in total. The molecule has 19 heavy (non-hydrogen) atoms. The quantitative estimate of drug-likeness (QED) is 0.738. The molecule has 0 spiro atoms. The van der Waals surface area contributed by atoms with Gasteiger partial charge in [0.2, 0.25) is 0 Å². The molecule has 0 aliphatic heterocycles. The Morgan fingerprint density at radius 2 is 2.00 bits per heavy atom. The maximum atomic E-state index is 5.88. The lowest BCUT2D eigenvalue weighted by Gasteiger charge is -2.16. The number of hydrogen-bond acceptors (Lipinski definition) is 3. The molecule has 0 fully saturated rings. The molecule has 0 bridgehead atoms. The van der Waals surface area contributed by atoms with Gasteiger partial charge in [-0.25, -0.2) is 0 Å². The van der Waals surface area contributed by atoms with E-state index >= 15 is 0 Å². The SMILES string of the molecule is CCNCc1cc(Br)cc(C)c1OCCOC(C)C. The van der Waals surface area contributed by atoms with Crippen molar-refractivity contribution >= 4 is 15.9 Å². The molecule has 0 unspecified atom stereocenters. The summed E-state index contributed by atoms with van der Waals surface area (Å²) < 4.78 is 12.5. The van der Waals surface area contributed by atoms with Crippen molar-refractivity contribution < 1.29 is 9.47 Å². The standard InChI is InChI=1S/C15H24BrNO2/c1-5-17-10-13-9-14(16)8-12(4)15(13)19-7-6-18-11(2)3/h8-9,11,17H,5-7,10H2,1-4H3. The minimum absolute atomic E-state index is 0.246. The Morgan fingerprint density at radius 1 is 1.26 bits per heavy atom. The van der Waals surface area contributed by atoms with Gasteiger partial charge in [-0.15, -0.1) is 0 Å². The Bertz CT molecular complexity index is 394. The lowest BCUT2D eigenvalue weighted by Crippen LogP contribution is -2.16. The predicted octanol–water partition coefficient (Wildman–Crippen LogP) is 3.67. The Kier molecular flexibility index (Phi) is 7.42. The molecule has 0 heterocycles. The fourth-order valence-corrected chi connectivity index (χ4v) is 2.44. The van der Waals surface area contributed by atoms with E-state index in [2.05, 4.69) is 47.2 Å². The van der Waals surface area contributed by atoms with E-state index in [0.717, 1.165) is 28.9 Å². The van der Waals surface area contributed by atoms with Crippen molar-refractivity contribution in [2.45, 2.75) is 40.3 Å². The number of aryl methyl sites for hydroxylation is 1. The van der Waals surface area contributed by atoms with Gasteiger partial charge in [0.25, 0.3) is 0 Å². The van der Waals surface area contributed by atoms with E-state index in [9.17, 15) is 0 Å². The van der Waals surface area contributed by atoms with Crippen molar-refractivity contribution in [2.24, 2.45) is 0 Å². The average Bonchev–Trinajstić information content (AvgIpc) is 2.33. The minimum Gasteiger partial charge on any atom is -0.491 e. The highest BCUT2D eigenvalue weighted by molar-refractivity contribution is 9.10. The van der Waals surface area contributed by atoms with Crippen LogP contribution in [-0.4, -0.2) is 25.9 Å². The second-order valence-corrected chi connectivity index (χ2v) is 5.67. The summed E-state index contributed by atoms with van der Waals surface area (Å²) in [6.07, 6.45) is 0.246. The van der Waals surface area contributed by atoms with Crippen molar-refractivity contribution in [1.82, 2.24) is 5.32 Å². The van der Waals surface area contributed by atoms with Gasteiger partial charge < -0.3 is 14.8 Å². The summed E-state index contributed by atoms with van der Waals surface area (Å²) in [5.74, 6) is 0.969. The van der Waals surface area contributed by atoms with E-state index in [1.54, 1.807) is 0 Å². The Balaban J connectivity index is 2.68. The molecular formula is C15H24BrNO2. The molecule has 1 aromatic rings. The van der Waals surface area contributed by atoms with Crippen LogP contribution in [0.2, 0.25) is 0 Å². The van der Waals surface area contributed by atoms with E-state index in [-0.39, 0.29) is 6.10 Å². The number of rotatable bonds is 8. The normalized spacial score (nSPS) is 11.1. The Labute approximate surface area is 124 Å². The van der Waals surface area contributed by atoms with E-state index in [1.807, 2.05) is 13.8 Å². The van der Waals surface area contributed by atoms with Gasteiger partial charge >= 0.3 is 0 Å². The van der Waals surface area contributed by atoms with Gasteiger partial charge in [0.1, 0.15) is 12.4 Å². The molecular weight excluding hydrogens is 306 g/mol. The lowest BCUT2D eigenvalue weighted by molar-refractivity contribution is 0.0549. The average molecular weight is 330 g/mol. The van der Waals surface area contributed by atoms with Crippen molar-refractivity contribution in [3.63, 3.8) is 0 Å². The molecule has 1 rings (SSSR count). The summed E-state index contributed by atoms with van der Waals surface area (Å²) in [4.78, 5) is 0. The second-order valence-electron chi connectivity index (χ2n) is 4.76. The van der Waals surface area contributed by atoms with Gasteiger partial charge in [-0.05, 0) is 45.0 Å². The number of halogens is 1. The van der Waals surface area contributed by atoms with Crippen molar-refractivity contribution in [3.05, 3.63) is 27.7 Å². The number of benzene rings is 1. The molecule has 0 saturated carbocycles. The molecule has 0 radical (unpaired) electrons. The van der Waals surface area contributed by atoms with Crippen LogP contribution in [0.1, 0.15) is 31.9 Å². The van der Waals surface area contributed by atoms with Gasteiger partial charge in [-0.3, -0.25) is 0 Å². The van der Waals surface area contributed by atoms with E-state index in [0.29, 0.717) is 13.2 Å². The van der Waals surface area contributed by atoms with Gasteiger partial charge in [0.15, 0.2) is 0 Å². The van der Waals surface area contributed by atoms with Crippen LogP contribution in [0.25, 0.3) is 0 Å². The minimum atomic E-state index is 0.246. The third-order valence-corrected chi connectivity index (χ3v) is 3.12.